The van der Waals surface area contributed by atoms with E-state index in [4.69, 9.17) is 11.6 Å². The maximum Gasteiger partial charge on any atom is 0.449 e. The zero-order valence-corrected chi connectivity index (χ0v) is 13.3. The van der Waals surface area contributed by atoms with Crippen molar-refractivity contribution in [2.75, 3.05) is 4.72 Å². The maximum atomic E-state index is 12.6. The number of nitrogens with zero attached hydrogens (tertiary/aromatic N) is 1. The molecule has 24 heavy (non-hydrogen) atoms. The molecule has 0 fully saturated rings. The number of hydrogen-bond donors (Lipinski definition) is 2. The third-order valence-electron chi connectivity index (χ3n) is 3.13. The molecule has 0 aliphatic rings. The number of imidazole rings is 1. The van der Waals surface area contributed by atoms with Gasteiger partial charge in [-0.25, -0.2) is 13.4 Å². The Morgan fingerprint density at radius 2 is 1.75 bits per heavy atom. The average molecular weight is 376 g/mol. The minimum absolute atomic E-state index is 0.0208. The fraction of sp³-hybridized carbons (Fsp3) is 0.0714. The van der Waals surface area contributed by atoms with Crippen LogP contribution < -0.4 is 4.72 Å². The van der Waals surface area contributed by atoms with E-state index in [0.717, 1.165) is 0 Å². The molecule has 0 aliphatic heterocycles. The lowest BCUT2D eigenvalue weighted by molar-refractivity contribution is -0.144. The molecule has 2 N–H and O–H groups in total. The van der Waals surface area contributed by atoms with Crippen molar-refractivity contribution in [1.29, 1.82) is 0 Å². The van der Waals surface area contributed by atoms with Gasteiger partial charge in [-0.3, -0.25) is 4.72 Å². The first-order valence-corrected chi connectivity index (χ1v) is 8.37. The fourth-order valence-electron chi connectivity index (χ4n) is 2.04. The smallest absolute Gasteiger partial charge is 0.334 e. The summed E-state index contributed by atoms with van der Waals surface area (Å²) in [6.07, 6.45) is -4.61. The third-order valence-corrected chi connectivity index (χ3v) is 4.78. The second-order valence-corrected chi connectivity index (χ2v) is 6.99. The maximum absolute atomic E-state index is 12.6. The summed E-state index contributed by atoms with van der Waals surface area (Å²) in [5, 5.41) is 0.382. The van der Waals surface area contributed by atoms with Gasteiger partial charge in [-0.15, -0.1) is 0 Å². The van der Waals surface area contributed by atoms with Gasteiger partial charge in [0.25, 0.3) is 10.0 Å². The van der Waals surface area contributed by atoms with E-state index in [0.29, 0.717) is 5.02 Å². The Labute approximate surface area is 139 Å². The topological polar surface area (TPSA) is 74.8 Å². The molecule has 2 aromatic carbocycles. The van der Waals surface area contributed by atoms with Crippen molar-refractivity contribution >= 4 is 38.3 Å². The van der Waals surface area contributed by atoms with Gasteiger partial charge in [0.15, 0.2) is 0 Å². The predicted molar refractivity (Wildman–Crippen MR) is 83.4 cm³/mol. The Morgan fingerprint density at radius 1 is 1.08 bits per heavy atom. The first kappa shape index (κ1) is 16.6. The van der Waals surface area contributed by atoms with E-state index in [-0.39, 0.29) is 21.6 Å². The highest BCUT2D eigenvalue weighted by atomic mass is 35.5. The van der Waals surface area contributed by atoms with E-state index in [1.165, 1.54) is 42.5 Å². The number of hydrogen-bond acceptors (Lipinski definition) is 3. The number of fused-ring (bicyclic) bond motifs is 1. The Bertz CT molecular complexity index is 998. The van der Waals surface area contributed by atoms with Crippen LogP contribution in [0.25, 0.3) is 11.0 Å². The molecule has 0 spiro atoms. The average Bonchev–Trinajstić information content (AvgIpc) is 2.90. The molecular formula is C14H9ClF3N3O2S. The Kier molecular flexibility index (Phi) is 3.92. The number of sulfonamides is 1. The van der Waals surface area contributed by atoms with Crippen molar-refractivity contribution in [3.05, 3.63) is 53.3 Å². The molecule has 0 saturated carbocycles. The van der Waals surface area contributed by atoms with Crippen LogP contribution in [0.4, 0.5) is 18.9 Å². The number of rotatable bonds is 3. The van der Waals surface area contributed by atoms with Crippen molar-refractivity contribution in [3.8, 4) is 0 Å². The van der Waals surface area contributed by atoms with Gasteiger partial charge >= 0.3 is 6.18 Å². The van der Waals surface area contributed by atoms with E-state index in [2.05, 4.69) is 14.7 Å². The molecule has 1 heterocycles. The summed E-state index contributed by atoms with van der Waals surface area (Å²) >= 11 is 5.71. The first-order valence-electron chi connectivity index (χ1n) is 6.50. The van der Waals surface area contributed by atoms with Crippen molar-refractivity contribution in [3.63, 3.8) is 0 Å². The molecular weight excluding hydrogens is 367 g/mol. The molecule has 0 radical (unpaired) electrons. The zero-order chi connectivity index (χ0) is 17.5. The van der Waals surface area contributed by atoms with Crippen LogP contribution in [0, 0.1) is 0 Å². The van der Waals surface area contributed by atoms with Gasteiger partial charge in [-0.2, -0.15) is 13.2 Å². The summed E-state index contributed by atoms with van der Waals surface area (Å²) in [5.41, 5.74) is 0.255. The SMILES string of the molecule is O=S(=O)(Nc1ccc2nc(C(F)(F)F)[nH]c2c1)c1ccc(Cl)cc1. The highest BCUT2D eigenvalue weighted by molar-refractivity contribution is 7.92. The van der Waals surface area contributed by atoms with Crippen LogP contribution in [0.2, 0.25) is 5.02 Å². The standard InChI is InChI=1S/C14H9ClF3N3O2S/c15-8-1-4-10(5-2-8)24(22,23)21-9-3-6-11-12(7-9)20-13(19-11)14(16,17)18/h1-7,21H,(H,19,20). The number of benzene rings is 2. The van der Waals surface area contributed by atoms with Gasteiger partial charge in [0, 0.05) is 5.02 Å². The van der Waals surface area contributed by atoms with E-state index >= 15 is 0 Å². The van der Waals surface area contributed by atoms with Gasteiger partial charge < -0.3 is 4.98 Å². The van der Waals surface area contributed by atoms with Crippen LogP contribution in [0.1, 0.15) is 5.82 Å². The minimum Gasteiger partial charge on any atom is -0.334 e. The van der Waals surface area contributed by atoms with Crippen LogP contribution in [0.3, 0.4) is 0 Å². The van der Waals surface area contributed by atoms with Crippen molar-refractivity contribution in [2.24, 2.45) is 0 Å². The van der Waals surface area contributed by atoms with E-state index < -0.39 is 22.0 Å². The molecule has 5 nitrogen and oxygen atoms in total. The predicted octanol–water partition coefficient (Wildman–Crippen LogP) is 4.04. The molecule has 3 aromatic rings. The third kappa shape index (κ3) is 3.31. The summed E-state index contributed by atoms with van der Waals surface area (Å²) in [4.78, 5) is 5.52. The van der Waals surface area contributed by atoms with E-state index in [1.807, 2.05) is 0 Å². The quantitative estimate of drug-likeness (QED) is 0.725. The molecule has 126 valence electrons. The summed E-state index contributed by atoms with van der Waals surface area (Å²) in [6, 6.07) is 9.35. The number of anilines is 1. The summed E-state index contributed by atoms with van der Waals surface area (Å²) in [6.45, 7) is 0. The van der Waals surface area contributed by atoms with Crippen molar-refractivity contribution in [2.45, 2.75) is 11.1 Å². The zero-order valence-electron chi connectivity index (χ0n) is 11.7. The number of aromatic amines is 1. The molecule has 0 saturated heterocycles. The lowest BCUT2D eigenvalue weighted by Crippen LogP contribution is -2.12. The Balaban J connectivity index is 1.93. The number of aromatic nitrogens is 2. The molecule has 0 bridgehead atoms. The lowest BCUT2D eigenvalue weighted by Gasteiger charge is -2.08. The second-order valence-electron chi connectivity index (χ2n) is 4.87. The van der Waals surface area contributed by atoms with Crippen LogP contribution >= 0.6 is 11.6 Å². The van der Waals surface area contributed by atoms with Crippen LogP contribution in [0.15, 0.2) is 47.4 Å². The van der Waals surface area contributed by atoms with Crippen molar-refractivity contribution in [1.82, 2.24) is 9.97 Å². The van der Waals surface area contributed by atoms with Crippen molar-refractivity contribution < 1.29 is 21.6 Å². The summed E-state index contributed by atoms with van der Waals surface area (Å²) in [7, 11) is -3.89. The van der Waals surface area contributed by atoms with E-state index in [1.54, 1.807) is 0 Å². The molecule has 10 heteroatoms. The highest BCUT2D eigenvalue weighted by Crippen LogP contribution is 2.29. The minimum atomic E-state index is -4.61. The number of halogens is 4. The van der Waals surface area contributed by atoms with Gasteiger partial charge in [-0.1, -0.05) is 11.6 Å². The van der Waals surface area contributed by atoms with Gasteiger partial charge in [-0.05, 0) is 42.5 Å². The highest BCUT2D eigenvalue weighted by Gasteiger charge is 2.34. The number of alkyl halides is 3. The molecule has 0 atom stereocenters. The summed E-state index contributed by atoms with van der Waals surface area (Å²) < 4.78 is 64.7. The van der Waals surface area contributed by atoms with Gasteiger partial charge in [0.05, 0.1) is 21.6 Å². The molecule has 0 amide bonds. The molecule has 0 unspecified atom stereocenters. The monoisotopic (exact) mass is 375 g/mol. The fourth-order valence-corrected chi connectivity index (χ4v) is 3.21. The molecule has 0 aliphatic carbocycles. The largest absolute Gasteiger partial charge is 0.449 e. The Hall–Kier alpha value is -2.26. The second kappa shape index (κ2) is 5.67. The molecule has 3 rings (SSSR count). The normalized spacial score (nSPS) is 12.5. The van der Waals surface area contributed by atoms with Crippen LogP contribution in [0.5, 0.6) is 0 Å². The van der Waals surface area contributed by atoms with E-state index in [9.17, 15) is 21.6 Å². The van der Waals surface area contributed by atoms with Crippen LogP contribution in [-0.4, -0.2) is 18.4 Å². The number of H-pyrrole nitrogens is 1. The van der Waals surface area contributed by atoms with Gasteiger partial charge in [0.1, 0.15) is 0 Å². The summed E-state index contributed by atoms with van der Waals surface area (Å²) in [5.74, 6) is -1.14. The van der Waals surface area contributed by atoms with Crippen LogP contribution in [-0.2, 0) is 16.2 Å². The van der Waals surface area contributed by atoms with Gasteiger partial charge in [0.2, 0.25) is 5.82 Å². The first-order chi connectivity index (χ1) is 11.1. The molecule has 1 aromatic heterocycles. The Morgan fingerprint density at radius 3 is 2.38 bits per heavy atom. The lowest BCUT2D eigenvalue weighted by atomic mass is 10.3. The number of nitrogens with one attached hydrogen (secondary N) is 2.